The van der Waals surface area contributed by atoms with E-state index >= 15 is 0 Å². The average molecular weight is 765 g/mol. The smallest absolute Gasteiger partial charge is 0.211 e. The Kier molecular flexibility index (Phi) is 33.1. The van der Waals surface area contributed by atoms with Gasteiger partial charge in [-0.1, -0.05) is 116 Å². The standard InChI is InChI=1S/C40H72N6O4S2/c1-2-3-4-13-22-31-40(51(47,48)45(36-27-18-9-5-14-23-32-41)37-28-19-10-6-15-24-33-42)52(49,50)46(38-29-20-11-7-16-25-34-43)39-30-21-12-8-17-26-35-44/h40H,2-31,36-39H2,1H3. The van der Waals surface area contributed by atoms with E-state index in [0.29, 0.717) is 84.0 Å². The molecular weight excluding hydrogens is 693 g/mol. The Morgan fingerprint density at radius 3 is 0.923 bits per heavy atom. The molecule has 0 atom stereocenters. The lowest BCUT2D eigenvalue weighted by Gasteiger charge is -2.32. The molecule has 10 nitrogen and oxygen atoms in total. The minimum absolute atomic E-state index is 0.0893. The molecule has 0 fully saturated rings. The van der Waals surface area contributed by atoms with E-state index in [1.807, 2.05) is 0 Å². The first-order valence-electron chi connectivity index (χ1n) is 20.7. The number of nitrogens with zero attached hydrogens (tertiary/aromatic N) is 6. The second-order valence-corrected chi connectivity index (χ2v) is 18.8. The number of nitriles is 4. The third-order valence-electron chi connectivity index (χ3n) is 9.71. The van der Waals surface area contributed by atoms with Crippen molar-refractivity contribution in [1.82, 2.24) is 8.61 Å². The normalized spacial score (nSPS) is 11.8. The van der Waals surface area contributed by atoms with Gasteiger partial charge in [0.2, 0.25) is 20.0 Å². The van der Waals surface area contributed by atoms with Gasteiger partial charge in [-0.15, -0.1) is 0 Å². The lowest BCUT2D eigenvalue weighted by atomic mass is 10.1. The van der Waals surface area contributed by atoms with E-state index < -0.39 is 24.6 Å². The first kappa shape index (κ1) is 49.8. The quantitative estimate of drug-likeness (QED) is 0.0559. The van der Waals surface area contributed by atoms with Crippen LogP contribution in [-0.4, -0.2) is 56.2 Å². The second kappa shape index (κ2) is 34.5. The molecule has 0 unspecified atom stereocenters. The first-order chi connectivity index (χ1) is 25.2. The van der Waals surface area contributed by atoms with Crippen molar-refractivity contribution in [3.8, 4) is 24.3 Å². The van der Waals surface area contributed by atoms with Crippen molar-refractivity contribution < 1.29 is 16.8 Å². The number of hydrogen-bond acceptors (Lipinski definition) is 8. The Morgan fingerprint density at radius 1 is 0.385 bits per heavy atom. The van der Waals surface area contributed by atoms with Gasteiger partial charge in [-0.05, 0) is 57.8 Å². The predicted octanol–water partition coefficient (Wildman–Crippen LogP) is 10.4. The molecule has 12 heteroatoms. The summed E-state index contributed by atoms with van der Waals surface area (Å²) in [7, 11) is -8.39. The van der Waals surface area contributed by atoms with Crippen molar-refractivity contribution in [2.24, 2.45) is 0 Å². The van der Waals surface area contributed by atoms with Crippen LogP contribution in [0.4, 0.5) is 0 Å². The highest BCUT2D eigenvalue weighted by molar-refractivity contribution is 8.07. The van der Waals surface area contributed by atoms with E-state index in [4.69, 9.17) is 21.0 Å². The Bertz CT molecular complexity index is 1100. The van der Waals surface area contributed by atoms with Crippen LogP contribution in [0.3, 0.4) is 0 Å². The van der Waals surface area contributed by atoms with Crippen molar-refractivity contribution in [2.75, 3.05) is 26.2 Å². The summed E-state index contributed by atoms with van der Waals surface area (Å²) in [5.41, 5.74) is 0. The Balaban J connectivity index is 6.18. The molecule has 0 aliphatic rings. The summed E-state index contributed by atoms with van der Waals surface area (Å²) >= 11 is 0. The van der Waals surface area contributed by atoms with Crippen molar-refractivity contribution in [3.05, 3.63) is 0 Å². The zero-order chi connectivity index (χ0) is 38.6. The summed E-state index contributed by atoms with van der Waals surface area (Å²) in [5, 5.41) is 35.4. The fourth-order valence-electron chi connectivity index (χ4n) is 6.52. The van der Waals surface area contributed by atoms with E-state index in [9.17, 15) is 16.8 Å². The molecule has 0 aliphatic heterocycles. The zero-order valence-corrected chi connectivity index (χ0v) is 34.4. The van der Waals surface area contributed by atoms with Crippen LogP contribution in [0.2, 0.25) is 0 Å². The highest BCUT2D eigenvalue weighted by Crippen LogP contribution is 2.27. The number of unbranched alkanes of at least 4 members (excludes halogenated alkanes) is 24. The molecule has 0 N–H and O–H groups in total. The number of hydrogen-bond donors (Lipinski definition) is 0. The maximum atomic E-state index is 14.7. The summed E-state index contributed by atoms with van der Waals surface area (Å²) in [6, 6.07) is 8.69. The van der Waals surface area contributed by atoms with Gasteiger partial charge in [0, 0.05) is 51.9 Å². The van der Waals surface area contributed by atoms with E-state index in [1.54, 1.807) is 0 Å². The van der Waals surface area contributed by atoms with Crippen molar-refractivity contribution in [2.45, 2.75) is 204 Å². The Hall–Kier alpha value is -2.22. The van der Waals surface area contributed by atoms with Gasteiger partial charge in [0.1, 0.15) is 0 Å². The van der Waals surface area contributed by atoms with Crippen LogP contribution in [0, 0.1) is 45.3 Å². The van der Waals surface area contributed by atoms with Crippen LogP contribution < -0.4 is 0 Å². The largest absolute Gasteiger partial charge is 0.232 e. The molecule has 0 spiro atoms. The van der Waals surface area contributed by atoms with E-state index in [0.717, 1.165) is 128 Å². The van der Waals surface area contributed by atoms with E-state index in [2.05, 4.69) is 31.2 Å². The lowest BCUT2D eigenvalue weighted by molar-refractivity contribution is 0.367. The van der Waals surface area contributed by atoms with Crippen LogP contribution in [0.1, 0.15) is 200 Å². The third-order valence-corrected chi connectivity index (χ3v) is 15.1. The first-order valence-corrected chi connectivity index (χ1v) is 23.7. The molecule has 298 valence electrons. The van der Waals surface area contributed by atoms with Crippen LogP contribution >= 0.6 is 0 Å². The molecule has 52 heavy (non-hydrogen) atoms. The molecule has 0 saturated heterocycles. The zero-order valence-electron chi connectivity index (χ0n) is 32.8. The van der Waals surface area contributed by atoms with Crippen LogP contribution in [-0.2, 0) is 20.0 Å². The molecule has 0 saturated carbocycles. The highest BCUT2D eigenvalue weighted by atomic mass is 32.3. The number of rotatable bonds is 38. The van der Waals surface area contributed by atoms with Crippen molar-refractivity contribution in [1.29, 1.82) is 21.0 Å². The molecule has 0 aromatic carbocycles. The van der Waals surface area contributed by atoms with Gasteiger partial charge in [0.05, 0.1) is 24.3 Å². The SMILES string of the molecule is CCCCCCCC(S(=O)(=O)N(CCCCCCCC#N)CCCCCCCC#N)S(=O)(=O)N(CCCCCCCC#N)CCCCCCCC#N. The fourth-order valence-corrected chi connectivity index (χ4v) is 11.6. The molecule has 0 bridgehead atoms. The molecule has 0 aromatic heterocycles. The topological polar surface area (TPSA) is 170 Å². The summed E-state index contributed by atoms with van der Waals surface area (Å²) in [5.74, 6) is 0. The summed E-state index contributed by atoms with van der Waals surface area (Å²) < 4.78 is 60.1. The van der Waals surface area contributed by atoms with Crippen LogP contribution in [0.15, 0.2) is 0 Å². The number of sulfonamides is 2. The third kappa shape index (κ3) is 24.9. The average Bonchev–Trinajstić information content (AvgIpc) is 3.12. The van der Waals surface area contributed by atoms with E-state index in [-0.39, 0.29) is 6.42 Å². The van der Waals surface area contributed by atoms with Gasteiger partial charge in [-0.2, -0.15) is 21.0 Å². The molecule has 0 rings (SSSR count). The molecule has 0 aromatic rings. The minimum atomic E-state index is -4.20. The highest BCUT2D eigenvalue weighted by Gasteiger charge is 2.43. The monoisotopic (exact) mass is 765 g/mol. The summed E-state index contributed by atoms with van der Waals surface area (Å²) in [4.78, 5) is 0. The van der Waals surface area contributed by atoms with E-state index in [1.165, 1.54) is 8.61 Å². The van der Waals surface area contributed by atoms with Gasteiger partial charge in [0.25, 0.3) is 0 Å². The maximum Gasteiger partial charge on any atom is 0.232 e. The van der Waals surface area contributed by atoms with Crippen LogP contribution in [0.25, 0.3) is 0 Å². The van der Waals surface area contributed by atoms with Gasteiger partial charge in [-0.3, -0.25) is 0 Å². The second-order valence-electron chi connectivity index (χ2n) is 14.2. The van der Waals surface area contributed by atoms with Gasteiger partial charge >= 0.3 is 0 Å². The van der Waals surface area contributed by atoms with Crippen molar-refractivity contribution >= 4 is 20.0 Å². The Morgan fingerprint density at radius 2 is 0.635 bits per heavy atom. The van der Waals surface area contributed by atoms with Gasteiger partial charge in [0.15, 0.2) is 4.58 Å². The lowest BCUT2D eigenvalue weighted by Crippen LogP contribution is -2.49. The predicted molar refractivity (Wildman–Crippen MR) is 211 cm³/mol. The van der Waals surface area contributed by atoms with Crippen LogP contribution in [0.5, 0.6) is 0 Å². The molecule has 0 aliphatic carbocycles. The molecule has 0 heterocycles. The molecule has 0 radical (unpaired) electrons. The summed E-state index contributed by atoms with van der Waals surface area (Å²) in [6.07, 6.45) is 23.1. The summed E-state index contributed by atoms with van der Waals surface area (Å²) in [6.45, 7) is 3.29. The minimum Gasteiger partial charge on any atom is -0.211 e. The molecular formula is C40H72N6O4S2. The van der Waals surface area contributed by atoms with Gasteiger partial charge in [-0.25, -0.2) is 25.4 Å². The van der Waals surface area contributed by atoms with Gasteiger partial charge < -0.3 is 0 Å². The maximum absolute atomic E-state index is 14.7. The fraction of sp³-hybridized carbons (Fsp3) is 0.900. The Labute approximate surface area is 320 Å². The molecule has 0 amide bonds. The van der Waals surface area contributed by atoms with Crippen molar-refractivity contribution in [3.63, 3.8) is 0 Å².